The van der Waals surface area contributed by atoms with Crippen LogP contribution in [0.25, 0.3) is 27.0 Å². The minimum Gasteiger partial charge on any atom is -0.465 e. The largest absolute Gasteiger partial charge is 0.465 e. The number of carboxylic acid groups (broad SMARTS) is 1. The van der Waals surface area contributed by atoms with Crippen molar-refractivity contribution in [2.75, 3.05) is 18.4 Å². The summed E-state index contributed by atoms with van der Waals surface area (Å²) < 4.78 is 14.3. The number of anilines is 2. The zero-order valence-corrected chi connectivity index (χ0v) is 17.0. The molecule has 8 nitrogen and oxygen atoms in total. The lowest BCUT2D eigenvalue weighted by molar-refractivity contribution is 0.150. The highest BCUT2D eigenvalue weighted by Crippen LogP contribution is 2.32. The summed E-state index contributed by atoms with van der Waals surface area (Å²) in [4.78, 5) is 29.2. The van der Waals surface area contributed by atoms with Crippen molar-refractivity contribution in [3.8, 4) is 10.4 Å². The Kier molecular flexibility index (Phi) is 4.83. The van der Waals surface area contributed by atoms with Gasteiger partial charge in [-0.3, -0.25) is 4.98 Å². The minimum absolute atomic E-state index is 0.314. The molecule has 0 unspecified atom stereocenters. The van der Waals surface area contributed by atoms with Gasteiger partial charge < -0.3 is 20.3 Å². The summed E-state index contributed by atoms with van der Waals surface area (Å²) >= 11 is 1.37. The van der Waals surface area contributed by atoms with Crippen LogP contribution in [-0.2, 0) is 0 Å². The number of halogens is 1. The third-order valence-electron chi connectivity index (χ3n) is 5.18. The van der Waals surface area contributed by atoms with E-state index in [9.17, 15) is 9.18 Å². The fraction of sp³-hybridized carbons (Fsp3) is 0.143. The van der Waals surface area contributed by atoms with Crippen molar-refractivity contribution in [2.45, 2.75) is 6.42 Å². The Balaban J connectivity index is 1.45. The van der Waals surface area contributed by atoms with E-state index in [2.05, 4.69) is 25.3 Å². The highest BCUT2D eigenvalue weighted by Gasteiger charge is 2.19. The second-order valence-electron chi connectivity index (χ2n) is 7.06. The van der Waals surface area contributed by atoms with E-state index >= 15 is 0 Å². The molecule has 1 aromatic carbocycles. The molecule has 3 aromatic heterocycles. The van der Waals surface area contributed by atoms with Crippen molar-refractivity contribution in [3.05, 3.63) is 59.9 Å². The number of H-pyrrole nitrogens is 1. The first-order valence-electron chi connectivity index (χ1n) is 9.55. The highest BCUT2D eigenvalue weighted by molar-refractivity contribution is 7.13. The predicted molar refractivity (Wildman–Crippen MR) is 117 cm³/mol. The monoisotopic (exact) mass is 436 g/mol. The predicted octanol–water partition coefficient (Wildman–Crippen LogP) is 4.73. The number of amides is 1. The first kappa shape index (κ1) is 19.2. The Morgan fingerprint density at radius 2 is 2.19 bits per heavy atom. The van der Waals surface area contributed by atoms with Gasteiger partial charge in [-0.25, -0.2) is 19.2 Å². The Bertz CT molecular complexity index is 1300. The summed E-state index contributed by atoms with van der Waals surface area (Å²) in [7, 11) is 0. The van der Waals surface area contributed by atoms with Crippen molar-refractivity contribution in [2.24, 2.45) is 0 Å². The molecule has 1 aliphatic heterocycles. The molecule has 0 bridgehead atoms. The van der Waals surface area contributed by atoms with Gasteiger partial charge in [0.05, 0.1) is 15.8 Å². The number of benzene rings is 1. The standard InChI is InChI=1S/C21H17FN6O2S/c22-16-2-1-13(7-14(16)18-9-23-11-31-18)26-19-15-8-17(27-20(15)25-10-24-19)12-3-5-28(6-4-12)21(29)30/h1-3,7-11H,4-6H2,(H,29,30)(H2,24,25,26,27). The van der Waals surface area contributed by atoms with Gasteiger partial charge in [-0.2, -0.15) is 0 Å². The molecule has 0 radical (unpaired) electrons. The Labute approximate surface area is 180 Å². The highest BCUT2D eigenvalue weighted by atomic mass is 32.1. The number of nitrogens with zero attached hydrogens (tertiary/aromatic N) is 4. The van der Waals surface area contributed by atoms with E-state index in [4.69, 9.17) is 5.11 Å². The van der Waals surface area contributed by atoms with E-state index in [0.29, 0.717) is 42.2 Å². The molecule has 3 N–H and O–H groups in total. The van der Waals surface area contributed by atoms with Crippen LogP contribution in [0.5, 0.6) is 0 Å². The van der Waals surface area contributed by atoms with Gasteiger partial charge in [0.1, 0.15) is 23.6 Å². The topological polar surface area (TPSA) is 107 Å². The summed E-state index contributed by atoms with van der Waals surface area (Å²) in [5.74, 6) is 0.282. The maximum absolute atomic E-state index is 14.3. The van der Waals surface area contributed by atoms with E-state index in [-0.39, 0.29) is 5.82 Å². The lowest BCUT2D eigenvalue weighted by Crippen LogP contribution is -2.33. The third-order valence-corrected chi connectivity index (χ3v) is 5.98. The molecule has 1 amide bonds. The van der Waals surface area contributed by atoms with Crippen LogP contribution in [0.4, 0.5) is 20.7 Å². The van der Waals surface area contributed by atoms with Gasteiger partial charge in [0.25, 0.3) is 0 Å². The molecule has 0 atom stereocenters. The van der Waals surface area contributed by atoms with Crippen LogP contribution in [0.2, 0.25) is 0 Å². The molecule has 4 aromatic rings. The fourth-order valence-corrected chi connectivity index (χ4v) is 4.22. The zero-order chi connectivity index (χ0) is 21.4. The lowest BCUT2D eigenvalue weighted by Gasteiger charge is -2.23. The number of aromatic nitrogens is 4. The molecule has 0 aliphatic carbocycles. The Hall–Kier alpha value is -3.79. The number of fused-ring (bicyclic) bond motifs is 1. The first-order valence-corrected chi connectivity index (χ1v) is 10.4. The molecule has 0 spiro atoms. The molecule has 31 heavy (non-hydrogen) atoms. The maximum Gasteiger partial charge on any atom is 0.407 e. The van der Waals surface area contributed by atoms with Gasteiger partial charge in [-0.05, 0) is 36.3 Å². The van der Waals surface area contributed by atoms with Crippen LogP contribution in [0.3, 0.4) is 0 Å². The molecule has 4 heterocycles. The second-order valence-corrected chi connectivity index (χ2v) is 7.95. The molecule has 0 fully saturated rings. The summed E-state index contributed by atoms with van der Waals surface area (Å²) in [6.07, 6.45) is 4.70. The van der Waals surface area contributed by atoms with Crippen molar-refractivity contribution in [3.63, 3.8) is 0 Å². The molecule has 156 valence electrons. The number of hydrogen-bond donors (Lipinski definition) is 3. The first-order chi connectivity index (χ1) is 15.1. The third kappa shape index (κ3) is 3.73. The van der Waals surface area contributed by atoms with Gasteiger partial charge >= 0.3 is 6.09 Å². The number of nitrogens with one attached hydrogen (secondary N) is 2. The smallest absolute Gasteiger partial charge is 0.407 e. The van der Waals surface area contributed by atoms with Crippen LogP contribution in [-0.4, -0.2) is 49.1 Å². The quantitative estimate of drug-likeness (QED) is 0.427. The van der Waals surface area contributed by atoms with E-state index < -0.39 is 6.09 Å². The molecule has 5 rings (SSSR count). The normalized spacial score (nSPS) is 14.0. The van der Waals surface area contributed by atoms with E-state index in [1.54, 1.807) is 23.8 Å². The van der Waals surface area contributed by atoms with Crippen molar-refractivity contribution >= 4 is 45.5 Å². The number of rotatable bonds is 4. The summed E-state index contributed by atoms with van der Waals surface area (Å²) in [5.41, 5.74) is 5.42. The number of aromatic amines is 1. The van der Waals surface area contributed by atoms with E-state index in [0.717, 1.165) is 21.5 Å². The number of thiazole rings is 1. The van der Waals surface area contributed by atoms with Gasteiger partial charge in [-0.1, -0.05) is 6.08 Å². The molecular formula is C21H17FN6O2S. The molecular weight excluding hydrogens is 419 g/mol. The number of hydrogen-bond acceptors (Lipinski definition) is 6. The second kappa shape index (κ2) is 7.80. The van der Waals surface area contributed by atoms with Gasteiger partial charge in [0, 0.05) is 36.2 Å². The van der Waals surface area contributed by atoms with E-state index in [1.165, 1.54) is 28.6 Å². The van der Waals surface area contributed by atoms with Gasteiger partial charge in [0.15, 0.2) is 0 Å². The van der Waals surface area contributed by atoms with Crippen molar-refractivity contribution < 1.29 is 14.3 Å². The van der Waals surface area contributed by atoms with Crippen LogP contribution in [0.1, 0.15) is 12.1 Å². The Morgan fingerprint density at radius 3 is 2.94 bits per heavy atom. The van der Waals surface area contributed by atoms with Crippen LogP contribution in [0.15, 0.2) is 48.4 Å². The maximum atomic E-state index is 14.3. The average molecular weight is 436 g/mol. The van der Waals surface area contributed by atoms with Crippen LogP contribution in [0, 0.1) is 5.82 Å². The minimum atomic E-state index is -0.915. The van der Waals surface area contributed by atoms with Crippen molar-refractivity contribution in [1.82, 2.24) is 24.8 Å². The summed E-state index contributed by atoms with van der Waals surface area (Å²) in [5, 5.41) is 13.2. The number of carbonyl (C=O) groups is 1. The van der Waals surface area contributed by atoms with E-state index in [1.807, 2.05) is 12.1 Å². The van der Waals surface area contributed by atoms with Crippen LogP contribution < -0.4 is 5.32 Å². The SMILES string of the molecule is O=C(O)N1CC=C(c2cc3c(Nc4ccc(F)c(-c5cncs5)c4)ncnc3[nH]2)CC1. The molecule has 1 aliphatic rings. The Morgan fingerprint density at radius 1 is 1.29 bits per heavy atom. The summed E-state index contributed by atoms with van der Waals surface area (Å²) in [6, 6.07) is 6.76. The van der Waals surface area contributed by atoms with Crippen molar-refractivity contribution in [1.29, 1.82) is 0 Å². The average Bonchev–Trinajstić information content (AvgIpc) is 3.46. The molecule has 10 heteroatoms. The summed E-state index contributed by atoms with van der Waals surface area (Å²) in [6.45, 7) is 0.802. The zero-order valence-electron chi connectivity index (χ0n) is 16.2. The molecule has 0 saturated carbocycles. The fourth-order valence-electron chi connectivity index (χ4n) is 3.58. The molecule has 0 saturated heterocycles. The lowest BCUT2D eigenvalue weighted by atomic mass is 10.1. The van der Waals surface area contributed by atoms with Gasteiger partial charge in [0.2, 0.25) is 0 Å². The van der Waals surface area contributed by atoms with Gasteiger partial charge in [-0.15, -0.1) is 11.3 Å². The van der Waals surface area contributed by atoms with Crippen LogP contribution >= 0.6 is 11.3 Å².